The van der Waals surface area contributed by atoms with Crippen LogP contribution in [0.15, 0.2) is 0 Å². The summed E-state index contributed by atoms with van der Waals surface area (Å²) < 4.78 is 0. The molecule has 0 spiro atoms. The fraction of sp³-hybridized carbons (Fsp3) is 0.833. The third kappa shape index (κ3) is 45.0. The fourth-order valence-corrected chi connectivity index (χ4v) is 0.158. The van der Waals surface area contributed by atoms with Crippen LogP contribution in [0.2, 0.25) is 0 Å². The van der Waals surface area contributed by atoms with Crippen LogP contribution < -0.4 is 6.15 Å². The van der Waals surface area contributed by atoms with E-state index in [1.165, 1.54) is 0 Å². The average Bonchev–Trinajstić information content (AvgIpc) is 1.91. The Bertz CT molecular complexity index is 75.0. The zero-order chi connectivity index (χ0) is 8.41. The number of hydrogen-bond donors (Lipinski definition) is 4. The number of aliphatic hydroxyl groups is 2. The summed E-state index contributed by atoms with van der Waals surface area (Å²) in [7, 11) is 0. The second kappa shape index (κ2) is 16.2. The van der Waals surface area contributed by atoms with E-state index in [2.05, 4.69) is 6.92 Å². The zero-order valence-electron chi connectivity index (χ0n) is 6.79. The molecule has 0 saturated carbocycles. The van der Waals surface area contributed by atoms with Crippen LogP contribution >= 0.6 is 0 Å². The molecular weight excluding hydrogens is 150 g/mol. The Morgan fingerprint density at radius 1 is 1.36 bits per heavy atom. The number of aliphatic carboxylic acids is 1. The number of hydrogen-bond acceptors (Lipinski definition) is 4. The van der Waals surface area contributed by atoms with Gasteiger partial charge in [0.05, 0.1) is 0 Å². The van der Waals surface area contributed by atoms with Gasteiger partial charge in [0.1, 0.15) is 6.61 Å². The van der Waals surface area contributed by atoms with Gasteiger partial charge in [0, 0.05) is 6.61 Å². The minimum Gasteiger partial charge on any atom is -0.480 e. The lowest BCUT2D eigenvalue weighted by atomic mass is 10.4. The van der Waals surface area contributed by atoms with Gasteiger partial charge in [0.25, 0.3) is 0 Å². The highest BCUT2D eigenvalue weighted by molar-refractivity contribution is 5.67. The summed E-state index contributed by atoms with van der Waals surface area (Å²) in [6.07, 6.45) is 2.04. The van der Waals surface area contributed by atoms with E-state index in [0.717, 1.165) is 12.8 Å². The van der Waals surface area contributed by atoms with Gasteiger partial charge >= 0.3 is 5.97 Å². The second-order valence-electron chi connectivity index (χ2n) is 1.63. The standard InChI is InChI=1S/C4H10O.C2H4O3.H3N/c1-2-3-4-5;3-1-2(4)5;/h5H,2-4H2,1H3;3H,1H2,(H,4,5);1H3. The summed E-state index contributed by atoms with van der Waals surface area (Å²) in [5.74, 6) is -1.19. The predicted molar refractivity (Wildman–Crippen MR) is 41.7 cm³/mol. The van der Waals surface area contributed by atoms with Crippen molar-refractivity contribution in [3.8, 4) is 0 Å². The van der Waals surface area contributed by atoms with Crippen molar-refractivity contribution in [2.24, 2.45) is 0 Å². The van der Waals surface area contributed by atoms with Gasteiger partial charge in [0.2, 0.25) is 0 Å². The van der Waals surface area contributed by atoms with Crippen molar-refractivity contribution in [1.29, 1.82) is 0 Å². The molecule has 0 aliphatic heterocycles. The SMILES string of the molecule is CCCCO.N.O=C(O)CO. The van der Waals surface area contributed by atoms with Crippen molar-refractivity contribution in [3.63, 3.8) is 0 Å². The van der Waals surface area contributed by atoms with Crippen molar-refractivity contribution in [1.82, 2.24) is 6.15 Å². The zero-order valence-corrected chi connectivity index (χ0v) is 6.79. The molecule has 6 N–H and O–H groups in total. The Labute approximate surface area is 66.2 Å². The lowest BCUT2D eigenvalue weighted by molar-refractivity contribution is -0.140. The third-order valence-corrected chi connectivity index (χ3v) is 0.647. The minimum atomic E-state index is -1.19. The Hall–Kier alpha value is -0.650. The molecule has 0 aromatic carbocycles. The average molecular weight is 167 g/mol. The largest absolute Gasteiger partial charge is 0.480 e. The molecule has 0 radical (unpaired) electrons. The summed E-state index contributed by atoms with van der Waals surface area (Å²) in [4.78, 5) is 9.12. The molecule has 0 saturated heterocycles. The smallest absolute Gasteiger partial charge is 0.329 e. The van der Waals surface area contributed by atoms with Crippen molar-refractivity contribution in [2.45, 2.75) is 19.8 Å². The molecule has 70 valence electrons. The Morgan fingerprint density at radius 3 is 1.73 bits per heavy atom. The topological polar surface area (TPSA) is 113 Å². The maximum Gasteiger partial charge on any atom is 0.329 e. The lowest BCUT2D eigenvalue weighted by Crippen LogP contribution is -1.98. The van der Waals surface area contributed by atoms with Crippen LogP contribution in [0.5, 0.6) is 0 Å². The molecule has 5 nitrogen and oxygen atoms in total. The van der Waals surface area contributed by atoms with E-state index in [0.29, 0.717) is 6.61 Å². The number of unbranched alkanes of at least 4 members (excludes halogenated alkanes) is 1. The van der Waals surface area contributed by atoms with Crippen LogP contribution in [-0.4, -0.2) is 34.5 Å². The molecule has 0 amide bonds. The van der Waals surface area contributed by atoms with E-state index >= 15 is 0 Å². The first-order chi connectivity index (χ1) is 4.68. The second-order valence-corrected chi connectivity index (χ2v) is 1.63. The van der Waals surface area contributed by atoms with E-state index in [4.69, 9.17) is 20.1 Å². The van der Waals surface area contributed by atoms with E-state index in [1.54, 1.807) is 0 Å². The molecule has 0 rings (SSSR count). The van der Waals surface area contributed by atoms with Crippen LogP contribution in [0.4, 0.5) is 0 Å². The first-order valence-corrected chi connectivity index (χ1v) is 3.12. The predicted octanol–water partition coefficient (Wildman–Crippen LogP) is 0.00410. The first-order valence-electron chi connectivity index (χ1n) is 3.12. The maximum atomic E-state index is 9.12. The molecule has 0 unspecified atom stereocenters. The Balaban J connectivity index is -0.000000107. The molecular formula is C6H17NO4. The molecule has 0 aliphatic rings. The van der Waals surface area contributed by atoms with Gasteiger partial charge in [-0.05, 0) is 6.42 Å². The van der Waals surface area contributed by atoms with Crippen LogP contribution in [0.25, 0.3) is 0 Å². The summed E-state index contributed by atoms with van der Waals surface area (Å²) in [5, 5.41) is 23.1. The van der Waals surface area contributed by atoms with Gasteiger partial charge in [-0.15, -0.1) is 0 Å². The van der Waals surface area contributed by atoms with E-state index in [1.807, 2.05) is 0 Å². The van der Waals surface area contributed by atoms with Gasteiger partial charge in [-0.1, -0.05) is 13.3 Å². The molecule has 0 aromatic heterocycles. The van der Waals surface area contributed by atoms with Crippen LogP contribution in [0.3, 0.4) is 0 Å². The monoisotopic (exact) mass is 167 g/mol. The molecule has 5 heteroatoms. The van der Waals surface area contributed by atoms with E-state index < -0.39 is 12.6 Å². The fourth-order valence-electron chi connectivity index (χ4n) is 0.158. The number of carbonyl (C=O) groups is 1. The van der Waals surface area contributed by atoms with Crippen molar-refractivity contribution in [3.05, 3.63) is 0 Å². The summed E-state index contributed by atoms with van der Waals surface area (Å²) in [6, 6.07) is 0. The molecule has 0 bridgehead atoms. The van der Waals surface area contributed by atoms with Gasteiger partial charge in [-0.25, -0.2) is 4.79 Å². The highest BCUT2D eigenvalue weighted by Crippen LogP contribution is 1.78. The summed E-state index contributed by atoms with van der Waals surface area (Å²) in [5.41, 5.74) is 0. The highest BCUT2D eigenvalue weighted by atomic mass is 16.4. The number of carboxylic acid groups (broad SMARTS) is 1. The van der Waals surface area contributed by atoms with Crippen molar-refractivity contribution in [2.75, 3.05) is 13.2 Å². The minimum absolute atomic E-state index is 0. The van der Waals surface area contributed by atoms with E-state index in [-0.39, 0.29) is 6.15 Å². The molecule has 0 fully saturated rings. The quantitative estimate of drug-likeness (QED) is 0.472. The maximum absolute atomic E-state index is 9.12. The van der Waals surface area contributed by atoms with Crippen LogP contribution in [0, 0.1) is 0 Å². The van der Waals surface area contributed by atoms with Crippen molar-refractivity contribution >= 4 is 5.97 Å². The van der Waals surface area contributed by atoms with Gasteiger partial charge < -0.3 is 21.5 Å². The van der Waals surface area contributed by atoms with Crippen LogP contribution in [-0.2, 0) is 4.79 Å². The van der Waals surface area contributed by atoms with Crippen molar-refractivity contribution < 1.29 is 20.1 Å². The van der Waals surface area contributed by atoms with Crippen LogP contribution in [0.1, 0.15) is 19.8 Å². The number of carboxylic acids is 1. The summed E-state index contributed by atoms with van der Waals surface area (Å²) in [6.45, 7) is 1.62. The normalized spacial score (nSPS) is 7.18. The number of aliphatic hydroxyl groups excluding tert-OH is 2. The lowest BCUT2D eigenvalue weighted by Gasteiger charge is -1.79. The first kappa shape index (κ1) is 16.7. The molecule has 0 atom stereocenters. The molecule has 0 heterocycles. The third-order valence-electron chi connectivity index (χ3n) is 0.647. The summed E-state index contributed by atoms with van der Waals surface area (Å²) >= 11 is 0. The number of rotatable bonds is 3. The molecule has 0 aliphatic carbocycles. The van der Waals surface area contributed by atoms with Gasteiger partial charge in [-0.3, -0.25) is 0 Å². The molecule has 11 heavy (non-hydrogen) atoms. The molecule has 0 aromatic rings. The highest BCUT2D eigenvalue weighted by Gasteiger charge is 1.82. The Kier molecular flexibility index (Phi) is 24.6. The van der Waals surface area contributed by atoms with Gasteiger partial charge in [0.15, 0.2) is 0 Å². The van der Waals surface area contributed by atoms with E-state index in [9.17, 15) is 0 Å². The Morgan fingerprint density at radius 2 is 1.73 bits per heavy atom. The van der Waals surface area contributed by atoms with Gasteiger partial charge in [-0.2, -0.15) is 0 Å².